The van der Waals surface area contributed by atoms with Gasteiger partial charge in [-0.2, -0.15) is 5.10 Å². The fourth-order valence-electron chi connectivity index (χ4n) is 3.37. The zero-order valence-corrected chi connectivity index (χ0v) is 13.4. The molecule has 1 amide bonds. The normalized spacial score (nSPS) is 16.6. The summed E-state index contributed by atoms with van der Waals surface area (Å²) in [7, 11) is 0. The number of nitrogens with one attached hydrogen (secondary N) is 2. The first-order valence-corrected chi connectivity index (χ1v) is 8.34. The van der Waals surface area contributed by atoms with Crippen LogP contribution in [0.25, 0.3) is 0 Å². The molecule has 0 aliphatic heterocycles. The van der Waals surface area contributed by atoms with Crippen molar-refractivity contribution >= 4 is 5.91 Å². The van der Waals surface area contributed by atoms with Gasteiger partial charge >= 0.3 is 0 Å². The maximum absolute atomic E-state index is 12.3. The number of hydrogen-bond acceptors (Lipinski definition) is 2. The molecule has 4 rings (SSSR count). The number of nitrogens with zero attached hydrogens (tertiary/aromatic N) is 2. The van der Waals surface area contributed by atoms with E-state index in [-0.39, 0.29) is 11.9 Å². The Morgan fingerprint density at radius 1 is 1.25 bits per heavy atom. The smallest absolute Gasteiger partial charge is 0.268 e. The molecule has 122 valence electrons. The van der Waals surface area contributed by atoms with E-state index >= 15 is 0 Å². The molecule has 3 aromatic rings. The number of fused-ring (bicyclic) bond motifs is 1. The molecule has 2 N–H and O–H groups in total. The van der Waals surface area contributed by atoms with E-state index in [1.54, 1.807) is 12.3 Å². The van der Waals surface area contributed by atoms with Gasteiger partial charge in [0, 0.05) is 17.5 Å². The van der Waals surface area contributed by atoms with Crippen LogP contribution in [-0.4, -0.2) is 20.7 Å². The van der Waals surface area contributed by atoms with Crippen LogP contribution in [0.15, 0.2) is 54.9 Å². The Bertz CT molecular complexity index is 820. The first kappa shape index (κ1) is 14.8. The summed E-state index contributed by atoms with van der Waals surface area (Å²) in [5, 5.41) is 7.70. The monoisotopic (exact) mass is 320 g/mol. The number of carbonyl (C=O) groups is 1. The standard InChI is InChI=1S/C19H20N4O/c24-19(17-9-5-11-20-17)22-16-8-4-10-18-15(16)12-21-23(18)13-14-6-2-1-3-7-14/h1-3,5-7,9,11-12,16,20H,4,8,10,13H2,(H,22,24). The van der Waals surface area contributed by atoms with Gasteiger partial charge in [-0.15, -0.1) is 0 Å². The lowest BCUT2D eigenvalue weighted by molar-refractivity contribution is 0.0928. The van der Waals surface area contributed by atoms with Crippen molar-refractivity contribution in [1.82, 2.24) is 20.1 Å². The fraction of sp³-hybridized carbons (Fsp3) is 0.263. The SMILES string of the molecule is O=C(NC1CCCc2c1cnn2Cc1ccccc1)c1ccc[nH]1. The number of H-pyrrole nitrogens is 1. The average molecular weight is 320 g/mol. The van der Waals surface area contributed by atoms with E-state index in [0.717, 1.165) is 31.4 Å². The van der Waals surface area contributed by atoms with Crippen LogP contribution in [0.1, 0.15) is 46.2 Å². The van der Waals surface area contributed by atoms with Gasteiger partial charge in [-0.3, -0.25) is 9.48 Å². The van der Waals surface area contributed by atoms with Gasteiger partial charge in [0.15, 0.2) is 0 Å². The lowest BCUT2D eigenvalue weighted by Crippen LogP contribution is -2.31. The molecule has 0 bridgehead atoms. The molecule has 0 spiro atoms. The van der Waals surface area contributed by atoms with Gasteiger partial charge in [0.1, 0.15) is 5.69 Å². The minimum atomic E-state index is -0.0614. The molecule has 0 radical (unpaired) electrons. The Labute approximate surface area is 140 Å². The summed E-state index contributed by atoms with van der Waals surface area (Å²) in [6.45, 7) is 0.771. The van der Waals surface area contributed by atoms with Crippen molar-refractivity contribution < 1.29 is 4.79 Å². The molecular formula is C19H20N4O. The third-order valence-electron chi connectivity index (χ3n) is 4.59. The molecule has 0 saturated heterocycles. The minimum absolute atomic E-state index is 0.0362. The van der Waals surface area contributed by atoms with E-state index in [2.05, 4.69) is 32.2 Å². The molecule has 24 heavy (non-hydrogen) atoms. The number of hydrogen-bond donors (Lipinski definition) is 2. The summed E-state index contributed by atoms with van der Waals surface area (Å²) >= 11 is 0. The van der Waals surface area contributed by atoms with Crippen LogP contribution in [0, 0.1) is 0 Å². The van der Waals surface area contributed by atoms with Gasteiger partial charge in [-0.25, -0.2) is 0 Å². The van der Waals surface area contributed by atoms with Crippen molar-refractivity contribution in [3.05, 3.63) is 77.4 Å². The molecule has 1 aliphatic carbocycles. The Balaban J connectivity index is 1.54. The molecule has 1 unspecified atom stereocenters. The molecule has 2 aromatic heterocycles. The third kappa shape index (κ3) is 2.85. The van der Waals surface area contributed by atoms with Crippen LogP contribution < -0.4 is 5.32 Å². The zero-order valence-electron chi connectivity index (χ0n) is 13.4. The highest BCUT2D eigenvalue weighted by Gasteiger charge is 2.26. The molecule has 0 fully saturated rings. The van der Waals surface area contributed by atoms with Crippen LogP contribution in [0.2, 0.25) is 0 Å². The second-order valence-corrected chi connectivity index (χ2v) is 6.19. The van der Waals surface area contributed by atoms with Crippen LogP contribution in [0.5, 0.6) is 0 Å². The second kappa shape index (κ2) is 6.35. The summed E-state index contributed by atoms with van der Waals surface area (Å²) in [5.74, 6) is -0.0614. The summed E-state index contributed by atoms with van der Waals surface area (Å²) < 4.78 is 2.07. The first-order valence-electron chi connectivity index (χ1n) is 8.34. The summed E-state index contributed by atoms with van der Waals surface area (Å²) in [4.78, 5) is 15.3. The molecular weight excluding hydrogens is 300 g/mol. The van der Waals surface area contributed by atoms with E-state index in [4.69, 9.17) is 0 Å². The highest BCUT2D eigenvalue weighted by molar-refractivity contribution is 5.92. The minimum Gasteiger partial charge on any atom is -0.357 e. The molecule has 5 nitrogen and oxygen atoms in total. The van der Waals surface area contributed by atoms with E-state index in [1.165, 1.54) is 11.3 Å². The largest absolute Gasteiger partial charge is 0.357 e. The van der Waals surface area contributed by atoms with Gasteiger partial charge in [-0.1, -0.05) is 30.3 Å². The van der Waals surface area contributed by atoms with Crippen molar-refractivity contribution in [2.24, 2.45) is 0 Å². The molecule has 1 atom stereocenters. The fourth-order valence-corrected chi connectivity index (χ4v) is 3.37. The highest BCUT2D eigenvalue weighted by Crippen LogP contribution is 2.30. The Kier molecular flexibility index (Phi) is 3.91. The van der Waals surface area contributed by atoms with E-state index in [0.29, 0.717) is 5.69 Å². The first-order chi connectivity index (χ1) is 11.8. The van der Waals surface area contributed by atoms with Crippen LogP contribution in [0.3, 0.4) is 0 Å². The van der Waals surface area contributed by atoms with Crippen LogP contribution >= 0.6 is 0 Å². The molecule has 5 heteroatoms. The Morgan fingerprint density at radius 3 is 2.92 bits per heavy atom. The van der Waals surface area contributed by atoms with Crippen LogP contribution in [-0.2, 0) is 13.0 Å². The molecule has 0 saturated carbocycles. The molecule has 1 aliphatic rings. The second-order valence-electron chi connectivity index (χ2n) is 6.19. The number of carbonyl (C=O) groups excluding carboxylic acids is 1. The zero-order chi connectivity index (χ0) is 16.4. The third-order valence-corrected chi connectivity index (χ3v) is 4.59. The van der Waals surface area contributed by atoms with Crippen molar-refractivity contribution in [2.75, 3.05) is 0 Å². The Hall–Kier alpha value is -2.82. The Morgan fingerprint density at radius 2 is 2.12 bits per heavy atom. The van der Waals surface area contributed by atoms with Gasteiger partial charge < -0.3 is 10.3 Å². The maximum Gasteiger partial charge on any atom is 0.268 e. The predicted octanol–water partition coefficient (Wildman–Crippen LogP) is 3.07. The van der Waals surface area contributed by atoms with Crippen molar-refractivity contribution in [3.8, 4) is 0 Å². The number of aromatic amines is 1. The van der Waals surface area contributed by atoms with Gasteiger partial charge in [-0.05, 0) is 37.0 Å². The summed E-state index contributed by atoms with van der Waals surface area (Å²) in [5.41, 5.74) is 4.22. The average Bonchev–Trinajstić information content (AvgIpc) is 3.27. The molecule has 1 aromatic carbocycles. The van der Waals surface area contributed by atoms with Crippen molar-refractivity contribution in [1.29, 1.82) is 0 Å². The van der Waals surface area contributed by atoms with Crippen molar-refractivity contribution in [3.63, 3.8) is 0 Å². The van der Waals surface area contributed by atoms with Crippen molar-refractivity contribution in [2.45, 2.75) is 31.8 Å². The lowest BCUT2D eigenvalue weighted by atomic mass is 9.92. The van der Waals surface area contributed by atoms with Gasteiger partial charge in [0.2, 0.25) is 0 Å². The number of benzene rings is 1. The maximum atomic E-state index is 12.3. The van der Waals surface area contributed by atoms with E-state index in [9.17, 15) is 4.79 Å². The van der Waals surface area contributed by atoms with Crippen LogP contribution in [0.4, 0.5) is 0 Å². The van der Waals surface area contributed by atoms with E-state index in [1.807, 2.05) is 30.5 Å². The van der Waals surface area contributed by atoms with Gasteiger partial charge in [0.05, 0.1) is 18.8 Å². The highest BCUT2D eigenvalue weighted by atomic mass is 16.1. The van der Waals surface area contributed by atoms with E-state index < -0.39 is 0 Å². The molecule has 2 heterocycles. The summed E-state index contributed by atoms with van der Waals surface area (Å²) in [6.07, 6.45) is 6.70. The quantitative estimate of drug-likeness (QED) is 0.776. The summed E-state index contributed by atoms with van der Waals surface area (Å²) in [6, 6.07) is 14.0. The lowest BCUT2D eigenvalue weighted by Gasteiger charge is -2.24. The number of amides is 1. The van der Waals surface area contributed by atoms with Gasteiger partial charge in [0.25, 0.3) is 5.91 Å². The number of aromatic nitrogens is 3. The predicted molar refractivity (Wildman–Crippen MR) is 91.7 cm³/mol. The number of rotatable bonds is 4. The topological polar surface area (TPSA) is 62.7 Å².